The van der Waals surface area contributed by atoms with Gasteiger partial charge in [-0.15, -0.1) is 0 Å². The van der Waals surface area contributed by atoms with E-state index < -0.39 is 0 Å². The summed E-state index contributed by atoms with van der Waals surface area (Å²) in [7, 11) is 0. The maximum Gasteiger partial charge on any atom is 0.225 e. The number of imidazole rings is 1. The first-order chi connectivity index (χ1) is 9.94. The Morgan fingerprint density at radius 2 is 2.14 bits per heavy atom. The maximum atomic E-state index is 11.9. The van der Waals surface area contributed by atoms with Crippen molar-refractivity contribution in [2.24, 2.45) is 0 Å². The Bertz CT molecular complexity index is 585. The summed E-state index contributed by atoms with van der Waals surface area (Å²) in [6.45, 7) is 6.91. The van der Waals surface area contributed by atoms with E-state index in [0.29, 0.717) is 13.0 Å². The zero-order chi connectivity index (χ0) is 15.3. The minimum Gasteiger partial charge on any atom is -0.326 e. The molecule has 1 heterocycles. The third-order valence-corrected chi connectivity index (χ3v) is 2.94. The molecule has 2 N–H and O–H groups in total. The Labute approximate surface area is 125 Å². The monoisotopic (exact) mass is 286 g/mol. The van der Waals surface area contributed by atoms with Gasteiger partial charge < -0.3 is 15.2 Å². The topological polar surface area (TPSA) is 59.0 Å². The second kappa shape index (κ2) is 6.54. The van der Waals surface area contributed by atoms with Gasteiger partial charge in [0.1, 0.15) is 0 Å². The molecule has 2 rings (SSSR count). The third kappa shape index (κ3) is 5.04. The van der Waals surface area contributed by atoms with Crippen molar-refractivity contribution in [2.75, 3.05) is 11.9 Å². The fourth-order valence-corrected chi connectivity index (χ4v) is 1.93. The van der Waals surface area contributed by atoms with Crippen molar-refractivity contribution in [3.63, 3.8) is 0 Å². The van der Waals surface area contributed by atoms with Gasteiger partial charge in [-0.1, -0.05) is 6.07 Å². The quantitative estimate of drug-likeness (QED) is 0.888. The zero-order valence-corrected chi connectivity index (χ0v) is 12.8. The SMILES string of the molecule is CC(C)(C)NCCC(=O)Nc1cccc(-n2ccnc2)c1. The van der Waals surface area contributed by atoms with E-state index >= 15 is 0 Å². The number of hydrogen-bond donors (Lipinski definition) is 2. The minimum atomic E-state index is 0.00883. The first-order valence-corrected chi connectivity index (χ1v) is 7.07. The number of aromatic nitrogens is 2. The summed E-state index contributed by atoms with van der Waals surface area (Å²) in [5.74, 6) is 0.00883. The van der Waals surface area contributed by atoms with Crippen molar-refractivity contribution in [3.05, 3.63) is 43.0 Å². The average Bonchev–Trinajstić information content (AvgIpc) is 2.91. The van der Waals surface area contributed by atoms with Crippen LogP contribution in [-0.4, -0.2) is 27.5 Å². The Balaban J connectivity index is 1.91. The average molecular weight is 286 g/mol. The van der Waals surface area contributed by atoms with Crippen molar-refractivity contribution in [2.45, 2.75) is 32.7 Å². The minimum absolute atomic E-state index is 0.00883. The molecule has 0 spiro atoms. The molecular formula is C16H22N4O. The Morgan fingerprint density at radius 3 is 2.81 bits per heavy atom. The normalized spacial score (nSPS) is 11.4. The molecule has 0 atom stereocenters. The van der Waals surface area contributed by atoms with Crippen LogP contribution in [0.1, 0.15) is 27.2 Å². The van der Waals surface area contributed by atoms with Gasteiger partial charge in [-0.2, -0.15) is 0 Å². The fraction of sp³-hybridized carbons (Fsp3) is 0.375. The fourth-order valence-electron chi connectivity index (χ4n) is 1.93. The molecule has 5 heteroatoms. The molecule has 1 aromatic carbocycles. The summed E-state index contributed by atoms with van der Waals surface area (Å²) in [5.41, 5.74) is 1.79. The molecule has 2 aromatic rings. The number of carbonyl (C=O) groups excluding carboxylic acids is 1. The van der Waals surface area contributed by atoms with Crippen molar-refractivity contribution >= 4 is 11.6 Å². The van der Waals surface area contributed by atoms with E-state index in [2.05, 4.69) is 36.4 Å². The Morgan fingerprint density at radius 1 is 1.33 bits per heavy atom. The number of amides is 1. The van der Waals surface area contributed by atoms with E-state index in [9.17, 15) is 4.79 Å². The molecule has 0 aliphatic heterocycles. The van der Waals surface area contributed by atoms with Gasteiger partial charge in [0.25, 0.3) is 0 Å². The molecule has 21 heavy (non-hydrogen) atoms. The van der Waals surface area contributed by atoms with Crippen LogP contribution in [0.5, 0.6) is 0 Å². The predicted molar refractivity (Wildman–Crippen MR) is 84.6 cm³/mol. The van der Waals surface area contributed by atoms with Crippen molar-refractivity contribution in [3.8, 4) is 5.69 Å². The predicted octanol–water partition coefficient (Wildman–Crippen LogP) is 2.59. The molecule has 0 aliphatic rings. The lowest BCUT2D eigenvalue weighted by Crippen LogP contribution is -2.37. The van der Waals surface area contributed by atoms with E-state index in [1.807, 2.05) is 35.0 Å². The Hall–Kier alpha value is -2.14. The molecule has 0 unspecified atom stereocenters. The van der Waals surface area contributed by atoms with Crippen molar-refractivity contribution in [1.29, 1.82) is 0 Å². The molecule has 0 saturated heterocycles. The molecule has 0 radical (unpaired) electrons. The van der Waals surface area contributed by atoms with Gasteiger partial charge in [0.2, 0.25) is 5.91 Å². The lowest BCUT2D eigenvalue weighted by molar-refractivity contribution is -0.116. The zero-order valence-electron chi connectivity index (χ0n) is 12.8. The second-order valence-corrected chi connectivity index (χ2v) is 6.00. The second-order valence-electron chi connectivity index (χ2n) is 6.00. The summed E-state index contributed by atoms with van der Waals surface area (Å²) in [4.78, 5) is 15.9. The van der Waals surface area contributed by atoms with Crippen LogP contribution in [-0.2, 0) is 4.79 Å². The molecule has 112 valence electrons. The molecular weight excluding hydrogens is 264 g/mol. The van der Waals surface area contributed by atoms with Gasteiger partial charge in [0.05, 0.1) is 6.33 Å². The van der Waals surface area contributed by atoms with Crippen LogP contribution in [0, 0.1) is 0 Å². The van der Waals surface area contributed by atoms with Crippen LogP contribution >= 0.6 is 0 Å². The molecule has 0 bridgehead atoms. The van der Waals surface area contributed by atoms with Gasteiger partial charge in [-0.25, -0.2) is 4.98 Å². The highest BCUT2D eigenvalue weighted by Gasteiger charge is 2.09. The van der Waals surface area contributed by atoms with E-state index in [1.165, 1.54) is 0 Å². The number of benzene rings is 1. The van der Waals surface area contributed by atoms with E-state index in [1.54, 1.807) is 12.5 Å². The number of carbonyl (C=O) groups is 1. The molecule has 1 aromatic heterocycles. The summed E-state index contributed by atoms with van der Waals surface area (Å²) >= 11 is 0. The van der Waals surface area contributed by atoms with Gasteiger partial charge in [-0.3, -0.25) is 4.79 Å². The number of nitrogens with one attached hydrogen (secondary N) is 2. The molecule has 0 aliphatic carbocycles. The highest BCUT2D eigenvalue weighted by atomic mass is 16.1. The van der Waals surface area contributed by atoms with Gasteiger partial charge in [0, 0.05) is 42.3 Å². The van der Waals surface area contributed by atoms with Crippen LogP contribution in [0.25, 0.3) is 5.69 Å². The largest absolute Gasteiger partial charge is 0.326 e. The summed E-state index contributed by atoms with van der Waals surface area (Å²) < 4.78 is 1.90. The van der Waals surface area contributed by atoms with Crippen LogP contribution in [0.2, 0.25) is 0 Å². The first-order valence-electron chi connectivity index (χ1n) is 7.07. The summed E-state index contributed by atoms with van der Waals surface area (Å²) in [5, 5.41) is 6.22. The molecule has 0 saturated carbocycles. The number of nitrogens with zero attached hydrogens (tertiary/aromatic N) is 2. The lowest BCUT2D eigenvalue weighted by atomic mass is 10.1. The smallest absolute Gasteiger partial charge is 0.225 e. The van der Waals surface area contributed by atoms with Gasteiger partial charge in [0.15, 0.2) is 0 Å². The Kier molecular flexibility index (Phi) is 4.75. The van der Waals surface area contributed by atoms with Gasteiger partial charge >= 0.3 is 0 Å². The highest BCUT2D eigenvalue weighted by Crippen LogP contribution is 2.14. The number of hydrogen-bond acceptors (Lipinski definition) is 3. The molecule has 5 nitrogen and oxygen atoms in total. The summed E-state index contributed by atoms with van der Waals surface area (Å²) in [6.07, 6.45) is 5.78. The highest BCUT2D eigenvalue weighted by molar-refractivity contribution is 5.91. The van der Waals surface area contributed by atoms with Crippen LogP contribution in [0.15, 0.2) is 43.0 Å². The van der Waals surface area contributed by atoms with E-state index in [-0.39, 0.29) is 11.4 Å². The van der Waals surface area contributed by atoms with Crippen LogP contribution < -0.4 is 10.6 Å². The van der Waals surface area contributed by atoms with E-state index in [0.717, 1.165) is 11.4 Å². The number of anilines is 1. The van der Waals surface area contributed by atoms with Crippen LogP contribution in [0.4, 0.5) is 5.69 Å². The first kappa shape index (κ1) is 15.3. The van der Waals surface area contributed by atoms with Gasteiger partial charge in [-0.05, 0) is 39.0 Å². The molecule has 0 fully saturated rings. The standard InChI is InChI=1S/C16H22N4O/c1-16(2,3)18-8-7-15(21)19-13-5-4-6-14(11-13)20-10-9-17-12-20/h4-6,9-12,18H,7-8H2,1-3H3,(H,19,21). The summed E-state index contributed by atoms with van der Waals surface area (Å²) in [6, 6.07) is 7.70. The third-order valence-electron chi connectivity index (χ3n) is 2.94. The number of rotatable bonds is 5. The van der Waals surface area contributed by atoms with Crippen molar-refractivity contribution < 1.29 is 4.79 Å². The molecule has 1 amide bonds. The lowest BCUT2D eigenvalue weighted by Gasteiger charge is -2.20. The van der Waals surface area contributed by atoms with Crippen molar-refractivity contribution in [1.82, 2.24) is 14.9 Å². The van der Waals surface area contributed by atoms with E-state index in [4.69, 9.17) is 0 Å². The maximum absolute atomic E-state index is 11.9. The van der Waals surface area contributed by atoms with Crippen LogP contribution in [0.3, 0.4) is 0 Å².